The molecule has 0 aliphatic carbocycles. The summed E-state index contributed by atoms with van der Waals surface area (Å²) in [6, 6.07) is 2.15. The number of hydrogen-bond acceptors (Lipinski definition) is 2. The third-order valence-corrected chi connectivity index (χ3v) is 4.54. The number of nitrogens with one attached hydrogen (secondary N) is 1. The van der Waals surface area contributed by atoms with E-state index in [1.165, 1.54) is 38.8 Å². The molecule has 0 aromatic rings. The Morgan fingerprint density at radius 1 is 1.22 bits per heavy atom. The summed E-state index contributed by atoms with van der Waals surface area (Å²) in [5.41, 5.74) is 0.363. The molecule has 1 aliphatic rings. The monoisotopic (exact) mass is 254 g/mol. The minimum absolute atomic E-state index is 0.363. The molecule has 0 aromatic carbocycles. The first-order valence-corrected chi connectivity index (χ1v) is 7.93. The van der Waals surface area contributed by atoms with Crippen LogP contribution in [-0.2, 0) is 0 Å². The molecule has 0 saturated carbocycles. The van der Waals surface area contributed by atoms with Crippen LogP contribution < -0.4 is 5.32 Å². The summed E-state index contributed by atoms with van der Waals surface area (Å²) < 4.78 is 0. The summed E-state index contributed by atoms with van der Waals surface area (Å²) in [6.07, 6.45) is 5.22. The number of nitrogens with zero attached hydrogens (tertiary/aromatic N) is 1. The summed E-state index contributed by atoms with van der Waals surface area (Å²) in [5.74, 6) is 0. The van der Waals surface area contributed by atoms with Crippen LogP contribution in [0.5, 0.6) is 0 Å². The zero-order valence-electron chi connectivity index (χ0n) is 13.4. The summed E-state index contributed by atoms with van der Waals surface area (Å²) in [6.45, 7) is 16.4. The Labute approximate surface area is 115 Å². The number of hydrogen-bond donors (Lipinski definition) is 1. The second-order valence-corrected chi connectivity index (χ2v) is 6.94. The van der Waals surface area contributed by atoms with Crippen LogP contribution in [0, 0.1) is 5.41 Å². The molecule has 3 unspecified atom stereocenters. The van der Waals surface area contributed by atoms with Crippen LogP contribution in [0.4, 0.5) is 0 Å². The second-order valence-electron chi connectivity index (χ2n) is 6.94. The van der Waals surface area contributed by atoms with Crippen LogP contribution in [-0.4, -0.2) is 36.1 Å². The molecule has 108 valence electrons. The number of piperazine rings is 1. The van der Waals surface area contributed by atoms with Crippen LogP contribution in [0.1, 0.15) is 67.2 Å². The van der Waals surface area contributed by atoms with E-state index in [2.05, 4.69) is 51.8 Å². The van der Waals surface area contributed by atoms with Crippen LogP contribution in [0.2, 0.25) is 0 Å². The first-order chi connectivity index (χ1) is 8.43. The van der Waals surface area contributed by atoms with E-state index in [-0.39, 0.29) is 0 Å². The van der Waals surface area contributed by atoms with Crippen molar-refractivity contribution in [1.29, 1.82) is 0 Å². The molecule has 1 N–H and O–H groups in total. The van der Waals surface area contributed by atoms with Gasteiger partial charge in [-0.3, -0.25) is 4.90 Å². The van der Waals surface area contributed by atoms with Gasteiger partial charge in [0.2, 0.25) is 0 Å². The average Bonchev–Trinajstić information content (AvgIpc) is 2.34. The van der Waals surface area contributed by atoms with Gasteiger partial charge in [-0.05, 0) is 24.7 Å². The SMILES string of the molecule is CCCC(CC)N1CC(C(C)(C)C)NCC1CC. The average molecular weight is 254 g/mol. The Balaban J connectivity index is 2.75. The van der Waals surface area contributed by atoms with Gasteiger partial charge in [0.1, 0.15) is 0 Å². The maximum atomic E-state index is 3.77. The van der Waals surface area contributed by atoms with Crippen LogP contribution in [0.3, 0.4) is 0 Å². The Morgan fingerprint density at radius 2 is 1.89 bits per heavy atom. The van der Waals surface area contributed by atoms with Gasteiger partial charge in [-0.15, -0.1) is 0 Å². The normalized spacial score (nSPS) is 28.3. The van der Waals surface area contributed by atoms with Gasteiger partial charge in [-0.1, -0.05) is 48.0 Å². The standard InChI is InChI=1S/C16H34N2/c1-7-10-13(8-2)18-12-15(16(4,5)6)17-11-14(18)9-3/h13-15,17H,7-12H2,1-6H3. The predicted molar refractivity (Wildman–Crippen MR) is 81.0 cm³/mol. The van der Waals surface area contributed by atoms with Crippen molar-refractivity contribution in [3.05, 3.63) is 0 Å². The van der Waals surface area contributed by atoms with E-state index in [0.29, 0.717) is 11.5 Å². The van der Waals surface area contributed by atoms with Crippen molar-refractivity contribution in [2.45, 2.75) is 85.4 Å². The summed E-state index contributed by atoms with van der Waals surface area (Å²) >= 11 is 0. The molecule has 1 aliphatic heterocycles. The Bertz CT molecular complexity index is 232. The van der Waals surface area contributed by atoms with E-state index in [1.807, 2.05) is 0 Å². The Hall–Kier alpha value is -0.0800. The molecule has 0 spiro atoms. The maximum absolute atomic E-state index is 3.77. The minimum atomic E-state index is 0.363. The molecule has 0 radical (unpaired) electrons. The molecule has 0 aromatic heterocycles. The highest BCUT2D eigenvalue weighted by molar-refractivity contribution is 4.93. The molecule has 2 heteroatoms. The zero-order valence-corrected chi connectivity index (χ0v) is 13.4. The van der Waals surface area contributed by atoms with Crippen LogP contribution >= 0.6 is 0 Å². The van der Waals surface area contributed by atoms with Crippen molar-refractivity contribution in [2.75, 3.05) is 13.1 Å². The smallest absolute Gasteiger partial charge is 0.0244 e. The zero-order chi connectivity index (χ0) is 13.8. The Morgan fingerprint density at radius 3 is 2.33 bits per heavy atom. The molecule has 1 fully saturated rings. The molecule has 2 nitrogen and oxygen atoms in total. The first-order valence-electron chi connectivity index (χ1n) is 7.93. The van der Waals surface area contributed by atoms with E-state index >= 15 is 0 Å². The topological polar surface area (TPSA) is 15.3 Å². The van der Waals surface area contributed by atoms with Gasteiger partial charge in [-0.25, -0.2) is 0 Å². The van der Waals surface area contributed by atoms with Crippen molar-refractivity contribution < 1.29 is 0 Å². The van der Waals surface area contributed by atoms with Crippen molar-refractivity contribution in [1.82, 2.24) is 10.2 Å². The fourth-order valence-electron chi connectivity index (χ4n) is 3.16. The van der Waals surface area contributed by atoms with Crippen LogP contribution in [0.15, 0.2) is 0 Å². The van der Waals surface area contributed by atoms with E-state index in [0.717, 1.165) is 12.1 Å². The van der Waals surface area contributed by atoms with Gasteiger partial charge < -0.3 is 5.32 Å². The lowest BCUT2D eigenvalue weighted by Crippen LogP contribution is -2.62. The maximum Gasteiger partial charge on any atom is 0.0244 e. The van der Waals surface area contributed by atoms with E-state index in [4.69, 9.17) is 0 Å². The lowest BCUT2D eigenvalue weighted by molar-refractivity contribution is 0.0424. The van der Waals surface area contributed by atoms with Gasteiger partial charge in [0, 0.05) is 31.2 Å². The third kappa shape index (κ3) is 3.96. The molecule has 0 amide bonds. The fraction of sp³-hybridized carbons (Fsp3) is 1.00. The first kappa shape index (κ1) is 16.0. The molecule has 1 saturated heterocycles. The fourth-order valence-corrected chi connectivity index (χ4v) is 3.16. The van der Waals surface area contributed by atoms with Crippen molar-refractivity contribution in [3.63, 3.8) is 0 Å². The van der Waals surface area contributed by atoms with E-state index in [1.54, 1.807) is 0 Å². The molecule has 18 heavy (non-hydrogen) atoms. The van der Waals surface area contributed by atoms with Gasteiger partial charge in [0.25, 0.3) is 0 Å². The third-order valence-electron chi connectivity index (χ3n) is 4.54. The van der Waals surface area contributed by atoms with Crippen molar-refractivity contribution in [2.24, 2.45) is 5.41 Å². The minimum Gasteiger partial charge on any atom is -0.311 e. The van der Waals surface area contributed by atoms with E-state index in [9.17, 15) is 0 Å². The predicted octanol–water partition coefficient (Wildman–Crippen LogP) is 3.66. The molecule has 1 heterocycles. The summed E-state index contributed by atoms with van der Waals surface area (Å²) in [5, 5.41) is 3.77. The van der Waals surface area contributed by atoms with Gasteiger partial charge >= 0.3 is 0 Å². The van der Waals surface area contributed by atoms with Crippen LogP contribution in [0.25, 0.3) is 0 Å². The molecule has 3 atom stereocenters. The Kier molecular flexibility index (Phi) is 6.13. The molecule has 1 rings (SSSR count). The summed E-state index contributed by atoms with van der Waals surface area (Å²) in [4.78, 5) is 2.80. The second kappa shape index (κ2) is 6.91. The quantitative estimate of drug-likeness (QED) is 0.805. The highest BCUT2D eigenvalue weighted by Gasteiger charge is 2.35. The van der Waals surface area contributed by atoms with E-state index < -0.39 is 0 Å². The molecular formula is C16H34N2. The summed E-state index contributed by atoms with van der Waals surface area (Å²) in [7, 11) is 0. The highest BCUT2D eigenvalue weighted by Crippen LogP contribution is 2.27. The largest absolute Gasteiger partial charge is 0.311 e. The number of rotatable bonds is 5. The molecular weight excluding hydrogens is 220 g/mol. The van der Waals surface area contributed by atoms with Crippen molar-refractivity contribution >= 4 is 0 Å². The van der Waals surface area contributed by atoms with Gasteiger partial charge in [0.15, 0.2) is 0 Å². The van der Waals surface area contributed by atoms with Gasteiger partial charge in [0.05, 0.1) is 0 Å². The van der Waals surface area contributed by atoms with Gasteiger partial charge in [-0.2, -0.15) is 0 Å². The highest BCUT2D eigenvalue weighted by atomic mass is 15.3. The lowest BCUT2D eigenvalue weighted by Gasteiger charge is -2.48. The van der Waals surface area contributed by atoms with Crippen molar-refractivity contribution in [3.8, 4) is 0 Å². The lowest BCUT2D eigenvalue weighted by atomic mass is 9.83. The molecule has 0 bridgehead atoms.